The van der Waals surface area contributed by atoms with Crippen LogP contribution in [0.15, 0.2) is 48.8 Å². The number of ether oxygens (including phenoxy) is 3. The molecule has 0 N–H and O–H groups in total. The highest BCUT2D eigenvalue weighted by Gasteiger charge is 2.20. The highest BCUT2D eigenvalue weighted by molar-refractivity contribution is 5.74. The van der Waals surface area contributed by atoms with Gasteiger partial charge in [-0.2, -0.15) is 0 Å². The third-order valence-electron chi connectivity index (χ3n) is 5.28. The average molecular weight is 393 g/mol. The number of fused-ring (bicyclic) bond motifs is 1. The van der Waals surface area contributed by atoms with Gasteiger partial charge in [0.05, 0.1) is 31.4 Å². The fourth-order valence-corrected chi connectivity index (χ4v) is 3.86. The molecular formula is C23H27N3O3. The van der Waals surface area contributed by atoms with Gasteiger partial charge in [-0.1, -0.05) is 12.1 Å². The number of rotatable bonds is 8. The van der Waals surface area contributed by atoms with Crippen LogP contribution in [-0.2, 0) is 17.8 Å². The second kappa shape index (κ2) is 9.20. The zero-order valence-electron chi connectivity index (χ0n) is 17.0. The molecule has 29 heavy (non-hydrogen) atoms. The first kappa shape index (κ1) is 19.6. The highest BCUT2D eigenvalue weighted by atomic mass is 16.5. The van der Waals surface area contributed by atoms with Gasteiger partial charge in [-0.25, -0.2) is 0 Å². The van der Waals surface area contributed by atoms with Crippen molar-refractivity contribution >= 4 is 11.0 Å². The molecule has 0 amide bonds. The first-order chi connectivity index (χ1) is 14.2. The lowest BCUT2D eigenvalue weighted by Gasteiger charge is -2.26. The lowest BCUT2D eigenvalue weighted by molar-refractivity contribution is 0.0679. The lowest BCUT2D eigenvalue weighted by Crippen LogP contribution is -2.31. The Hall–Kier alpha value is -2.70. The summed E-state index contributed by atoms with van der Waals surface area (Å²) < 4.78 is 16.7. The van der Waals surface area contributed by atoms with Gasteiger partial charge in [0.15, 0.2) is 11.5 Å². The fraction of sp³-hybridized carbons (Fsp3) is 0.391. The van der Waals surface area contributed by atoms with E-state index in [-0.39, 0.29) is 6.10 Å². The van der Waals surface area contributed by atoms with Gasteiger partial charge in [-0.15, -0.1) is 0 Å². The Morgan fingerprint density at radius 3 is 2.38 bits per heavy atom. The minimum Gasteiger partial charge on any atom is -0.493 e. The molecule has 2 aromatic carbocycles. The molecular weight excluding hydrogens is 366 g/mol. The number of methoxy groups -OCH3 is 2. The van der Waals surface area contributed by atoms with Crippen molar-refractivity contribution < 1.29 is 14.2 Å². The third-order valence-corrected chi connectivity index (χ3v) is 5.28. The Labute approximate surface area is 171 Å². The smallest absolute Gasteiger partial charge is 0.161 e. The van der Waals surface area contributed by atoms with Gasteiger partial charge in [0.2, 0.25) is 0 Å². The topological polar surface area (TPSA) is 56.7 Å². The first-order valence-corrected chi connectivity index (χ1v) is 9.99. The molecule has 1 atom stereocenters. The summed E-state index contributed by atoms with van der Waals surface area (Å²) in [5, 5.41) is 0. The molecule has 1 aliphatic heterocycles. The minimum absolute atomic E-state index is 0.287. The van der Waals surface area contributed by atoms with Crippen LogP contribution in [0.3, 0.4) is 0 Å². The highest BCUT2D eigenvalue weighted by Crippen LogP contribution is 2.28. The molecule has 1 saturated heterocycles. The Morgan fingerprint density at radius 1 is 0.931 bits per heavy atom. The van der Waals surface area contributed by atoms with Crippen LogP contribution in [-0.4, -0.2) is 48.3 Å². The second-order valence-electron chi connectivity index (χ2n) is 7.37. The van der Waals surface area contributed by atoms with E-state index >= 15 is 0 Å². The Kier molecular flexibility index (Phi) is 6.22. The van der Waals surface area contributed by atoms with E-state index in [9.17, 15) is 0 Å². The lowest BCUT2D eigenvalue weighted by atomic mass is 10.1. The van der Waals surface area contributed by atoms with Crippen molar-refractivity contribution in [3.63, 3.8) is 0 Å². The number of hydrogen-bond donors (Lipinski definition) is 0. The number of aromatic nitrogens is 2. The summed E-state index contributed by atoms with van der Waals surface area (Å²) in [6, 6.07) is 12.4. The molecule has 0 spiro atoms. The van der Waals surface area contributed by atoms with Crippen molar-refractivity contribution in [2.45, 2.75) is 32.0 Å². The van der Waals surface area contributed by atoms with Crippen molar-refractivity contribution in [1.82, 2.24) is 14.9 Å². The van der Waals surface area contributed by atoms with Crippen LogP contribution in [0, 0.1) is 0 Å². The zero-order valence-corrected chi connectivity index (χ0v) is 17.0. The molecule has 6 nitrogen and oxygen atoms in total. The number of benzene rings is 2. The van der Waals surface area contributed by atoms with Gasteiger partial charge in [0.1, 0.15) is 0 Å². The predicted molar refractivity (Wildman–Crippen MR) is 112 cm³/mol. The quantitative estimate of drug-likeness (QED) is 0.580. The zero-order chi connectivity index (χ0) is 20.1. The van der Waals surface area contributed by atoms with Gasteiger partial charge >= 0.3 is 0 Å². The molecule has 6 heteroatoms. The summed E-state index contributed by atoms with van der Waals surface area (Å²) >= 11 is 0. The van der Waals surface area contributed by atoms with Crippen molar-refractivity contribution in [2.75, 3.05) is 27.4 Å². The van der Waals surface area contributed by atoms with Crippen molar-refractivity contribution in [1.29, 1.82) is 0 Å². The van der Waals surface area contributed by atoms with Gasteiger partial charge in [0.25, 0.3) is 0 Å². The van der Waals surface area contributed by atoms with Crippen LogP contribution >= 0.6 is 0 Å². The summed E-state index contributed by atoms with van der Waals surface area (Å²) in [7, 11) is 3.33. The van der Waals surface area contributed by atoms with Gasteiger partial charge < -0.3 is 14.2 Å². The van der Waals surface area contributed by atoms with Crippen LogP contribution in [0.1, 0.15) is 24.0 Å². The van der Waals surface area contributed by atoms with E-state index in [1.165, 1.54) is 11.1 Å². The molecule has 0 saturated carbocycles. The number of hydrogen-bond acceptors (Lipinski definition) is 6. The second-order valence-corrected chi connectivity index (χ2v) is 7.37. The Bertz CT molecular complexity index is 957. The molecule has 152 valence electrons. The molecule has 0 bridgehead atoms. The largest absolute Gasteiger partial charge is 0.493 e. The van der Waals surface area contributed by atoms with Crippen molar-refractivity contribution in [2.24, 2.45) is 0 Å². The summed E-state index contributed by atoms with van der Waals surface area (Å²) in [5.41, 5.74) is 4.24. The third kappa shape index (κ3) is 4.83. The molecule has 1 fully saturated rings. The van der Waals surface area contributed by atoms with E-state index in [1.807, 2.05) is 18.2 Å². The first-order valence-electron chi connectivity index (χ1n) is 9.99. The summed E-state index contributed by atoms with van der Waals surface area (Å²) in [6.45, 7) is 3.38. The van der Waals surface area contributed by atoms with E-state index in [4.69, 9.17) is 14.2 Å². The molecule has 4 rings (SSSR count). The molecule has 2 heterocycles. The molecule has 3 aromatic rings. The molecule has 0 radical (unpaired) electrons. The Balaban J connectivity index is 1.55. The van der Waals surface area contributed by atoms with Gasteiger partial charge in [0, 0.05) is 38.6 Å². The van der Waals surface area contributed by atoms with E-state index < -0.39 is 0 Å². The average Bonchev–Trinajstić information content (AvgIpc) is 3.26. The van der Waals surface area contributed by atoms with Gasteiger partial charge in [-0.3, -0.25) is 14.9 Å². The van der Waals surface area contributed by atoms with Crippen molar-refractivity contribution in [3.8, 4) is 11.5 Å². The maximum atomic E-state index is 5.90. The van der Waals surface area contributed by atoms with Crippen LogP contribution in [0.25, 0.3) is 11.0 Å². The van der Waals surface area contributed by atoms with E-state index in [2.05, 4.69) is 33.1 Å². The summed E-state index contributed by atoms with van der Waals surface area (Å²) in [6.07, 6.45) is 6.00. The standard InChI is InChI=1S/C23H27N3O3/c1-27-22-8-6-18(13-23(22)28-2)15-26(16-19-4-3-11-29-19)14-17-5-7-20-21(12-17)25-10-9-24-20/h5-10,12-13,19H,3-4,11,14-16H2,1-2H3/t19-/m0/s1. The maximum absolute atomic E-state index is 5.90. The normalized spacial score (nSPS) is 16.4. The van der Waals surface area contributed by atoms with Crippen LogP contribution in [0.5, 0.6) is 11.5 Å². The minimum atomic E-state index is 0.287. The molecule has 0 unspecified atom stereocenters. The van der Waals surface area contributed by atoms with E-state index in [1.54, 1.807) is 26.6 Å². The van der Waals surface area contributed by atoms with Crippen LogP contribution in [0.2, 0.25) is 0 Å². The van der Waals surface area contributed by atoms with Crippen LogP contribution < -0.4 is 9.47 Å². The molecule has 1 aliphatic rings. The SMILES string of the molecule is COc1ccc(CN(Cc2ccc3nccnc3c2)C[C@@H]2CCCO2)cc1OC. The van der Waals surface area contributed by atoms with Crippen molar-refractivity contribution in [3.05, 3.63) is 59.9 Å². The van der Waals surface area contributed by atoms with E-state index in [0.717, 1.165) is 61.6 Å². The summed E-state index contributed by atoms with van der Waals surface area (Å²) in [4.78, 5) is 11.2. The number of nitrogens with zero attached hydrogens (tertiary/aromatic N) is 3. The molecule has 0 aliphatic carbocycles. The Morgan fingerprint density at radius 2 is 1.66 bits per heavy atom. The maximum Gasteiger partial charge on any atom is 0.161 e. The fourth-order valence-electron chi connectivity index (χ4n) is 3.86. The monoisotopic (exact) mass is 393 g/mol. The van der Waals surface area contributed by atoms with Crippen LogP contribution in [0.4, 0.5) is 0 Å². The molecule has 1 aromatic heterocycles. The van der Waals surface area contributed by atoms with E-state index in [0.29, 0.717) is 0 Å². The summed E-state index contributed by atoms with van der Waals surface area (Å²) in [5.74, 6) is 1.50. The van der Waals surface area contributed by atoms with Gasteiger partial charge in [-0.05, 0) is 48.2 Å². The predicted octanol–water partition coefficient (Wildman–Crippen LogP) is 3.83.